The molecule has 0 amide bonds. The summed E-state index contributed by atoms with van der Waals surface area (Å²) in [5.74, 6) is 0.825. The van der Waals surface area contributed by atoms with E-state index >= 15 is 0 Å². The van der Waals surface area contributed by atoms with Gasteiger partial charge in [0.2, 0.25) is 0 Å². The highest BCUT2D eigenvalue weighted by molar-refractivity contribution is 5.45. The molecule has 6 nitrogen and oxygen atoms in total. The summed E-state index contributed by atoms with van der Waals surface area (Å²) in [6, 6.07) is 3.11. The van der Waals surface area contributed by atoms with Gasteiger partial charge in [-0.2, -0.15) is 5.10 Å². The van der Waals surface area contributed by atoms with Crippen molar-refractivity contribution in [1.82, 2.24) is 29.5 Å². The van der Waals surface area contributed by atoms with Gasteiger partial charge in [0.05, 0.1) is 11.4 Å². The normalized spacial score (nSPS) is 22.4. The lowest BCUT2D eigenvalue weighted by Crippen LogP contribution is -2.38. The Morgan fingerprint density at radius 3 is 2.59 bits per heavy atom. The van der Waals surface area contributed by atoms with E-state index in [4.69, 9.17) is 10.1 Å². The van der Waals surface area contributed by atoms with E-state index < -0.39 is 0 Å². The van der Waals surface area contributed by atoms with E-state index in [-0.39, 0.29) is 5.41 Å². The standard InChI is InChI=1S/C21H26N6/c1-13-22-9-14(10-23-13)12-26-15-5-6-17(26)16-11-24-20-8-19(21(2,3)4)25-27(20)18(16)7-15/h8-11,15,17H,5-7,12H2,1-4H3/t15-,17-/m0/s1. The minimum absolute atomic E-state index is 0.0334. The van der Waals surface area contributed by atoms with Gasteiger partial charge >= 0.3 is 0 Å². The first-order valence-corrected chi connectivity index (χ1v) is 9.81. The fraction of sp³-hybridized carbons (Fsp3) is 0.524. The molecule has 5 heterocycles. The number of fused-ring (bicyclic) bond motifs is 6. The highest BCUT2D eigenvalue weighted by atomic mass is 15.3. The minimum atomic E-state index is 0.0334. The molecule has 1 saturated heterocycles. The fourth-order valence-corrected chi connectivity index (χ4v) is 4.51. The van der Waals surface area contributed by atoms with Crippen LogP contribution in [0.1, 0.15) is 68.0 Å². The van der Waals surface area contributed by atoms with Crippen molar-refractivity contribution in [3.63, 3.8) is 0 Å². The van der Waals surface area contributed by atoms with Gasteiger partial charge in [0, 0.05) is 66.2 Å². The first-order chi connectivity index (χ1) is 12.9. The van der Waals surface area contributed by atoms with Gasteiger partial charge in [-0.15, -0.1) is 0 Å². The third-order valence-corrected chi connectivity index (χ3v) is 6.01. The average Bonchev–Trinajstić information content (AvgIpc) is 3.18. The maximum atomic E-state index is 4.93. The number of aromatic nitrogens is 5. The van der Waals surface area contributed by atoms with Gasteiger partial charge in [-0.05, 0) is 19.8 Å². The summed E-state index contributed by atoms with van der Waals surface area (Å²) >= 11 is 0. The van der Waals surface area contributed by atoms with Crippen molar-refractivity contribution in [2.75, 3.05) is 0 Å². The Balaban J connectivity index is 1.52. The molecule has 3 aromatic rings. The smallest absolute Gasteiger partial charge is 0.155 e. The molecular weight excluding hydrogens is 336 g/mol. The second-order valence-corrected chi connectivity index (χ2v) is 8.97. The van der Waals surface area contributed by atoms with Gasteiger partial charge in [0.25, 0.3) is 0 Å². The summed E-state index contributed by atoms with van der Waals surface area (Å²) in [7, 11) is 0. The Morgan fingerprint density at radius 1 is 1.07 bits per heavy atom. The van der Waals surface area contributed by atoms with E-state index in [0.717, 1.165) is 30.1 Å². The molecule has 0 aromatic carbocycles. The summed E-state index contributed by atoms with van der Waals surface area (Å²) in [5.41, 5.74) is 5.98. The summed E-state index contributed by atoms with van der Waals surface area (Å²) in [6.45, 7) is 9.44. The molecule has 0 radical (unpaired) electrons. The first kappa shape index (κ1) is 16.8. The van der Waals surface area contributed by atoms with Gasteiger partial charge in [-0.3, -0.25) is 4.90 Å². The maximum absolute atomic E-state index is 4.93. The fourth-order valence-electron chi connectivity index (χ4n) is 4.51. The highest BCUT2D eigenvalue weighted by Crippen LogP contribution is 2.44. The van der Waals surface area contributed by atoms with Crippen LogP contribution >= 0.6 is 0 Å². The zero-order valence-corrected chi connectivity index (χ0v) is 16.5. The van der Waals surface area contributed by atoms with E-state index in [0.29, 0.717) is 12.1 Å². The van der Waals surface area contributed by atoms with Gasteiger partial charge in [-0.1, -0.05) is 20.8 Å². The maximum Gasteiger partial charge on any atom is 0.155 e. The lowest BCUT2D eigenvalue weighted by Gasteiger charge is -2.36. The predicted molar refractivity (Wildman–Crippen MR) is 103 cm³/mol. The van der Waals surface area contributed by atoms with Crippen LogP contribution in [-0.2, 0) is 18.4 Å². The molecule has 2 bridgehead atoms. The summed E-state index contributed by atoms with van der Waals surface area (Å²) in [5, 5.41) is 4.93. The topological polar surface area (TPSA) is 59.2 Å². The third-order valence-electron chi connectivity index (χ3n) is 6.01. The van der Waals surface area contributed by atoms with E-state index in [2.05, 4.69) is 52.4 Å². The molecule has 0 aliphatic carbocycles. The Hall–Kier alpha value is -2.34. The van der Waals surface area contributed by atoms with Crippen LogP contribution in [0, 0.1) is 6.92 Å². The average molecular weight is 362 g/mol. The largest absolute Gasteiger partial charge is 0.289 e. The monoisotopic (exact) mass is 362 g/mol. The van der Waals surface area contributed by atoms with E-state index in [1.807, 2.05) is 19.3 Å². The van der Waals surface area contributed by atoms with Crippen molar-refractivity contribution in [1.29, 1.82) is 0 Å². The molecule has 6 heteroatoms. The van der Waals surface area contributed by atoms with Crippen LogP contribution in [0.15, 0.2) is 24.7 Å². The quantitative estimate of drug-likeness (QED) is 0.699. The van der Waals surface area contributed by atoms with E-state index in [1.165, 1.54) is 29.7 Å². The molecule has 2 atom stereocenters. The zero-order chi connectivity index (χ0) is 18.8. The van der Waals surface area contributed by atoms with Crippen molar-refractivity contribution in [3.05, 3.63) is 53.0 Å². The van der Waals surface area contributed by atoms with Crippen LogP contribution in [0.5, 0.6) is 0 Å². The molecule has 2 aliphatic heterocycles. The second-order valence-electron chi connectivity index (χ2n) is 8.97. The molecule has 0 N–H and O–H groups in total. The van der Waals surface area contributed by atoms with Crippen molar-refractivity contribution in [2.24, 2.45) is 0 Å². The minimum Gasteiger partial charge on any atom is -0.289 e. The van der Waals surface area contributed by atoms with Gasteiger partial charge in [-0.25, -0.2) is 19.5 Å². The molecule has 140 valence electrons. The molecule has 27 heavy (non-hydrogen) atoms. The van der Waals surface area contributed by atoms with E-state index in [9.17, 15) is 0 Å². The molecule has 1 fully saturated rings. The van der Waals surface area contributed by atoms with E-state index in [1.54, 1.807) is 0 Å². The van der Waals surface area contributed by atoms with Crippen molar-refractivity contribution >= 4 is 5.65 Å². The van der Waals surface area contributed by atoms with Crippen molar-refractivity contribution in [2.45, 2.75) is 71.0 Å². The second kappa shape index (κ2) is 5.83. The molecular formula is C21H26N6. The Morgan fingerprint density at radius 2 is 1.85 bits per heavy atom. The highest BCUT2D eigenvalue weighted by Gasteiger charge is 2.41. The number of aryl methyl sites for hydroxylation is 1. The van der Waals surface area contributed by atoms with Gasteiger partial charge < -0.3 is 0 Å². The zero-order valence-electron chi connectivity index (χ0n) is 16.5. The van der Waals surface area contributed by atoms with Crippen LogP contribution in [0.2, 0.25) is 0 Å². The SMILES string of the molecule is Cc1ncc(CN2[C@H]3CC[C@H]2c2cnc4cc(C(C)(C)C)nn4c2C3)cn1. The number of nitrogens with zero attached hydrogens (tertiary/aromatic N) is 6. The van der Waals surface area contributed by atoms with Crippen LogP contribution in [-0.4, -0.2) is 35.5 Å². The predicted octanol–water partition coefficient (Wildman–Crippen LogP) is 3.39. The van der Waals surface area contributed by atoms with Crippen molar-refractivity contribution < 1.29 is 0 Å². The summed E-state index contributed by atoms with van der Waals surface area (Å²) < 4.78 is 2.10. The van der Waals surface area contributed by atoms with Crippen molar-refractivity contribution in [3.8, 4) is 0 Å². The lowest BCUT2D eigenvalue weighted by atomic mass is 9.93. The summed E-state index contributed by atoms with van der Waals surface area (Å²) in [4.78, 5) is 16.1. The Bertz CT molecular complexity index is 998. The molecule has 0 unspecified atom stereocenters. The molecule has 3 aromatic heterocycles. The van der Waals surface area contributed by atoms with Crippen LogP contribution in [0.25, 0.3) is 5.65 Å². The summed E-state index contributed by atoms with van der Waals surface area (Å²) in [6.07, 6.45) is 9.45. The molecule has 2 aliphatic rings. The van der Waals surface area contributed by atoms with Crippen LogP contribution in [0.3, 0.4) is 0 Å². The van der Waals surface area contributed by atoms with Crippen LogP contribution in [0.4, 0.5) is 0 Å². The number of rotatable bonds is 2. The lowest BCUT2D eigenvalue weighted by molar-refractivity contribution is 0.164. The molecule has 5 rings (SSSR count). The molecule has 0 saturated carbocycles. The van der Waals surface area contributed by atoms with Gasteiger partial charge in [0.1, 0.15) is 5.82 Å². The Kier molecular flexibility index (Phi) is 3.63. The van der Waals surface area contributed by atoms with Gasteiger partial charge in [0.15, 0.2) is 5.65 Å². The number of hydrogen-bond acceptors (Lipinski definition) is 5. The Labute approximate surface area is 159 Å². The van der Waals surface area contributed by atoms with Crippen LogP contribution < -0.4 is 0 Å². The molecule has 0 spiro atoms. The number of hydrogen-bond donors (Lipinski definition) is 0. The third kappa shape index (κ3) is 2.74. The first-order valence-electron chi connectivity index (χ1n) is 9.81.